The summed E-state index contributed by atoms with van der Waals surface area (Å²) in [5, 5.41) is 2.46. The fourth-order valence-electron chi connectivity index (χ4n) is 0.848. The van der Waals surface area contributed by atoms with E-state index in [1.54, 1.807) is 5.38 Å². The van der Waals surface area contributed by atoms with Crippen molar-refractivity contribution in [2.75, 3.05) is 0 Å². The van der Waals surface area contributed by atoms with Gasteiger partial charge in [0.05, 0.1) is 10.7 Å². The molecule has 0 aromatic carbocycles. The lowest BCUT2D eigenvalue weighted by Gasteiger charge is -2.06. The smallest absolute Gasteiger partial charge is 0.259 e. The standard InChI is InChI=1S/C8H12F2N2S/c1-4(2)8-12-5(3-13-8)6(11)7(9)10/h3-4,6-7H,11H2,1-2H3. The first-order valence-corrected chi connectivity index (χ1v) is 4.89. The van der Waals surface area contributed by atoms with Gasteiger partial charge in [0.2, 0.25) is 0 Å². The van der Waals surface area contributed by atoms with Gasteiger partial charge in [-0.25, -0.2) is 13.8 Å². The molecule has 0 fully saturated rings. The van der Waals surface area contributed by atoms with Crippen LogP contribution in [0.1, 0.15) is 36.5 Å². The third-order valence-corrected chi connectivity index (χ3v) is 2.81. The molecule has 1 rings (SSSR count). The highest BCUT2D eigenvalue weighted by molar-refractivity contribution is 7.09. The summed E-state index contributed by atoms with van der Waals surface area (Å²) in [5.41, 5.74) is 5.54. The summed E-state index contributed by atoms with van der Waals surface area (Å²) in [6.45, 7) is 3.94. The monoisotopic (exact) mass is 206 g/mol. The highest BCUT2D eigenvalue weighted by Gasteiger charge is 2.20. The molecule has 0 saturated heterocycles. The fraction of sp³-hybridized carbons (Fsp3) is 0.625. The normalized spacial score (nSPS) is 14.1. The zero-order chi connectivity index (χ0) is 10.0. The van der Waals surface area contributed by atoms with Crippen LogP contribution in [0.2, 0.25) is 0 Å². The number of aromatic nitrogens is 1. The fourth-order valence-corrected chi connectivity index (χ4v) is 1.73. The molecule has 1 heterocycles. The van der Waals surface area contributed by atoms with Crippen LogP contribution in [-0.2, 0) is 0 Å². The molecule has 0 radical (unpaired) electrons. The van der Waals surface area contributed by atoms with Crippen LogP contribution < -0.4 is 5.73 Å². The summed E-state index contributed by atoms with van der Waals surface area (Å²) in [6, 6.07) is -1.25. The number of rotatable bonds is 3. The van der Waals surface area contributed by atoms with Crippen molar-refractivity contribution in [2.45, 2.75) is 32.2 Å². The van der Waals surface area contributed by atoms with Crippen molar-refractivity contribution in [3.05, 3.63) is 16.1 Å². The molecule has 0 aliphatic heterocycles. The van der Waals surface area contributed by atoms with Gasteiger partial charge in [0.1, 0.15) is 6.04 Å². The van der Waals surface area contributed by atoms with Crippen molar-refractivity contribution < 1.29 is 8.78 Å². The zero-order valence-corrected chi connectivity index (χ0v) is 8.31. The van der Waals surface area contributed by atoms with Crippen LogP contribution >= 0.6 is 11.3 Å². The van der Waals surface area contributed by atoms with Crippen LogP contribution in [0.15, 0.2) is 5.38 Å². The maximum absolute atomic E-state index is 12.2. The molecule has 1 atom stereocenters. The maximum Gasteiger partial charge on any atom is 0.259 e. The van der Waals surface area contributed by atoms with Gasteiger partial charge in [0.25, 0.3) is 6.43 Å². The summed E-state index contributed by atoms with van der Waals surface area (Å²) in [4.78, 5) is 4.04. The minimum absolute atomic E-state index is 0.267. The second-order valence-electron chi connectivity index (χ2n) is 3.13. The van der Waals surface area contributed by atoms with Crippen LogP contribution in [0.25, 0.3) is 0 Å². The third-order valence-electron chi connectivity index (χ3n) is 1.65. The first kappa shape index (κ1) is 10.5. The van der Waals surface area contributed by atoms with E-state index in [0.29, 0.717) is 5.69 Å². The highest BCUT2D eigenvalue weighted by Crippen LogP contribution is 2.24. The van der Waals surface area contributed by atoms with Gasteiger partial charge in [-0.3, -0.25) is 0 Å². The Bertz CT molecular complexity index is 273. The lowest BCUT2D eigenvalue weighted by molar-refractivity contribution is 0.115. The summed E-state index contributed by atoms with van der Waals surface area (Å²) in [5.74, 6) is 0.267. The van der Waals surface area contributed by atoms with Crippen LogP contribution in [0.3, 0.4) is 0 Å². The molecule has 0 aliphatic carbocycles. The molecular weight excluding hydrogens is 194 g/mol. The number of nitrogens with zero attached hydrogens (tertiary/aromatic N) is 1. The molecule has 1 aromatic heterocycles. The summed E-state index contributed by atoms with van der Waals surface area (Å²) >= 11 is 1.38. The van der Waals surface area contributed by atoms with Crippen molar-refractivity contribution in [3.8, 4) is 0 Å². The van der Waals surface area contributed by atoms with E-state index in [1.807, 2.05) is 13.8 Å². The van der Waals surface area contributed by atoms with Crippen molar-refractivity contribution >= 4 is 11.3 Å². The van der Waals surface area contributed by atoms with Gasteiger partial charge in [0.15, 0.2) is 0 Å². The van der Waals surface area contributed by atoms with Crippen molar-refractivity contribution in [1.82, 2.24) is 4.98 Å². The second kappa shape index (κ2) is 4.11. The molecule has 1 unspecified atom stereocenters. The Hall–Kier alpha value is -0.550. The van der Waals surface area contributed by atoms with Gasteiger partial charge in [0, 0.05) is 11.3 Å². The Morgan fingerprint density at radius 1 is 1.46 bits per heavy atom. The molecular formula is C8H12F2N2S. The molecule has 0 saturated carbocycles. The molecule has 1 aromatic rings. The largest absolute Gasteiger partial charge is 0.318 e. The topological polar surface area (TPSA) is 38.9 Å². The highest BCUT2D eigenvalue weighted by atomic mass is 32.1. The number of halogens is 2. The third kappa shape index (κ3) is 2.45. The van der Waals surface area contributed by atoms with Gasteiger partial charge < -0.3 is 5.73 Å². The summed E-state index contributed by atoms with van der Waals surface area (Å²) in [7, 11) is 0. The molecule has 0 aliphatic rings. The minimum atomic E-state index is -2.54. The average Bonchev–Trinajstić information content (AvgIpc) is 2.50. The maximum atomic E-state index is 12.2. The predicted molar refractivity (Wildman–Crippen MR) is 49.1 cm³/mol. The Labute approximate surface area is 79.8 Å². The Balaban J connectivity index is 2.79. The lowest BCUT2D eigenvalue weighted by Crippen LogP contribution is -2.19. The van der Waals surface area contributed by atoms with Crippen molar-refractivity contribution in [2.24, 2.45) is 5.73 Å². The van der Waals surface area contributed by atoms with Crippen LogP contribution in [0, 0.1) is 0 Å². The van der Waals surface area contributed by atoms with Crippen LogP contribution in [0.5, 0.6) is 0 Å². The van der Waals surface area contributed by atoms with E-state index < -0.39 is 12.5 Å². The van der Waals surface area contributed by atoms with Crippen LogP contribution in [0.4, 0.5) is 8.78 Å². The molecule has 2 N–H and O–H groups in total. The quantitative estimate of drug-likeness (QED) is 0.825. The zero-order valence-electron chi connectivity index (χ0n) is 7.50. The second-order valence-corrected chi connectivity index (χ2v) is 4.02. The van der Waals surface area contributed by atoms with Gasteiger partial charge in [-0.05, 0) is 0 Å². The van der Waals surface area contributed by atoms with Crippen molar-refractivity contribution in [1.29, 1.82) is 0 Å². The van der Waals surface area contributed by atoms with Crippen LogP contribution in [-0.4, -0.2) is 11.4 Å². The predicted octanol–water partition coefficient (Wildman–Crippen LogP) is 2.53. The Kier molecular flexibility index (Phi) is 3.33. The first-order chi connectivity index (χ1) is 6.02. The van der Waals surface area contributed by atoms with Gasteiger partial charge in [-0.15, -0.1) is 11.3 Å². The summed E-state index contributed by atoms with van der Waals surface area (Å²) < 4.78 is 24.3. The summed E-state index contributed by atoms with van der Waals surface area (Å²) in [6.07, 6.45) is -2.54. The molecule has 0 amide bonds. The Morgan fingerprint density at radius 3 is 2.46 bits per heavy atom. The minimum Gasteiger partial charge on any atom is -0.318 e. The van der Waals surface area contributed by atoms with E-state index in [4.69, 9.17) is 5.73 Å². The van der Waals surface area contributed by atoms with Gasteiger partial charge in [-0.2, -0.15) is 0 Å². The molecule has 74 valence electrons. The average molecular weight is 206 g/mol. The van der Waals surface area contributed by atoms with E-state index in [0.717, 1.165) is 5.01 Å². The molecule has 0 bridgehead atoms. The first-order valence-electron chi connectivity index (χ1n) is 4.01. The van der Waals surface area contributed by atoms with E-state index >= 15 is 0 Å². The van der Waals surface area contributed by atoms with E-state index in [9.17, 15) is 8.78 Å². The molecule has 5 heteroatoms. The molecule has 13 heavy (non-hydrogen) atoms. The molecule has 2 nitrogen and oxygen atoms in total. The SMILES string of the molecule is CC(C)c1nc(C(N)C(F)F)cs1. The van der Waals surface area contributed by atoms with Crippen molar-refractivity contribution in [3.63, 3.8) is 0 Å². The number of hydrogen-bond acceptors (Lipinski definition) is 3. The van der Waals surface area contributed by atoms with Gasteiger partial charge in [-0.1, -0.05) is 13.8 Å². The number of nitrogens with two attached hydrogens (primary N) is 1. The number of thiazole rings is 1. The number of hydrogen-bond donors (Lipinski definition) is 1. The Morgan fingerprint density at radius 2 is 2.08 bits per heavy atom. The number of alkyl halides is 2. The van der Waals surface area contributed by atoms with E-state index in [1.165, 1.54) is 11.3 Å². The van der Waals surface area contributed by atoms with E-state index in [-0.39, 0.29) is 5.92 Å². The van der Waals surface area contributed by atoms with Gasteiger partial charge >= 0.3 is 0 Å². The molecule has 0 spiro atoms. The van der Waals surface area contributed by atoms with E-state index in [2.05, 4.69) is 4.98 Å². The lowest BCUT2D eigenvalue weighted by atomic mass is 10.2.